The van der Waals surface area contributed by atoms with Crippen molar-refractivity contribution < 1.29 is 4.79 Å². The summed E-state index contributed by atoms with van der Waals surface area (Å²) < 4.78 is 0. The SMILES string of the molecule is O=C(CCc1cscn1)N1CCN(c2ncccn2)CC1. The Hall–Kier alpha value is -2.02. The summed E-state index contributed by atoms with van der Waals surface area (Å²) in [5.41, 5.74) is 2.81. The van der Waals surface area contributed by atoms with Crippen LogP contribution in [0.2, 0.25) is 0 Å². The van der Waals surface area contributed by atoms with E-state index in [1.54, 1.807) is 29.2 Å². The van der Waals surface area contributed by atoms with Crippen molar-refractivity contribution in [3.8, 4) is 0 Å². The van der Waals surface area contributed by atoms with Gasteiger partial charge in [-0.1, -0.05) is 0 Å². The predicted octanol–water partition coefficient (Wildman–Crippen LogP) is 1.21. The van der Waals surface area contributed by atoms with Crippen molar-refractivity contribution in [2.75, 3.05) is 31.1 Å². The van der Waals surface area contributed by atoms with Crippen LogP contribution in [0.3, 0.4) is 0 Å². The van der Waals surface area contributed by atoms with Crippen molar-refractivity contribution in [1.29, 1.82) is 0 Å². The molecule has 0 spiro atoms. The minimum atomic E-state index is 0.205. The molecule has 0 radical (unpaired) electrons. The molecule has 0 aromatic carbocycles. The molecule has 1 fully saturated rings. The second-order valence-electron chi connectivity index (χ2n) is 4.90. The molecule has 1 amide bonds. The van der Waals surface area contributed by atoms with Crippen LogP contribution in [0.4, 0.5) is 5.95 Å². The van der Waals surface area contributed by atoms with Gasteiger partial charge in [-0.2, -0.15) is 0 Å². The van der Waals surface area contributed by atoms with Crippen molar-refractivity contribution >= 4 is 23.2 Å². The Morgan fingerprint density at radius 2 is 1.90 bits per heavy atom. The Labute approximate surface area is 127 Å². The van der Waals surface area contributed by atoms with Crippen LogP contribution in [0.5, 0.6) is 0 Å². The van der Waals surface area contributed by atoms with E-state index < -0.39 is 0 Å². The van der Waals surface area contributed by atoms with Gasteiger partial charge >= 0.3 is 0 Å². The molecular weight excluding hydrogens is 286 g/mol. The smallest absolute Gasteiger partial charge is 0.225 e. The van der Waals surface area contributed by atoms with Crippen molar-refractivity contribution in [2.24, 2.45) is 0 Å². The highest BCUT2D eigenvalue weighted by Gasteiger charge is 2.22. The third-order valence-electron chi connectivity index (χ3n) is 3.55. The first-order chi connectivity index (χ1) is 10.3. The average Bonchev–Trinajstić information content (AvgIpc) is 3.07. The third-order valence-corrected chi connectivity index (χ3v) is 4.18. The van der Waals surface area contributed by atoms with Gasteiger partial charge in [-0.3, -0.25) is 4.79 Å². The number of thiazole rings is 1. The minimum Gasteiger partial charge on any atom is -0.339 e. The molecule has 1 saturated heterocycles. The van der Waals surface area contributed by atoms with Gasteiger partial charge in [0.15, 0.2) is 0 Å². The number of hydrogen-bond donors (Lipinski definition) is 0. The van der Waals surface area contributed by atoms with Crippen LogP contribution >= 0.6 is 11.3 Å². The summed E-state index contributed by atoms with van der Waals surface area (Å²) in [4.78, 5) is 28.9. The summed E-state index contributed by atoms with van der Waals surface area (Å²) in [6.45, 7) is 3.03. The Balaban J connectivity index is 1.48. The summed E-state index contributed by atoms with van der Waals surface area (Å²) in [5, 5.41) is 2.00. The number of nitrogens with zero attached hydrogens (tertiary/aromatic N) is 5. The lowest BCUT2D eigenvalue weighted by Crippen LogP contribution is -2.49. The fraction of sp³-hybridized carbons (Fsp3) is 0.429. The minimum absolute atomic E-state index is 0.205. The van der Waals surface area contributed by atoms with Gasteiger partial charge in [-0.25, -0.2) is 15.0 Å². The molecule has 2 aromatic heterocycles. The van der Waals surface area contributed by atoms with E-state index in [-0.39, 0.29) is 5.91 Å². The van der Waals surface area contributed by atoms with Gasteiger partial charge in [0, 0.05) is 50.4 Å². The van der Waals surface area contributed by atoms with Crippen LogP contribution in [0, 0.1) is 0 Å². The second-order valence-corrected chi connectivity index (χ2v) is 5.62. The summed E-state index contributed by atoms with van der Waals surface area (Å²) in [7, 11) is 0. The average molecular weight is 303 g/mol. The lowest BCUT2D eigenvalue weighted by atomic mass is 10.2. The number of hydrogen-bond acceptors (Lipinski definition) is 6. The van der Waals surface area contributed by atoms with Gasteiger partial charge in [-0.15, -0.1) is 11.3 Å². The van der Waals surface area contributed by atoms with Crippen molar-refractivity contribution in [3.05, 3.63) is 35.0 Å². The van der Waals surface area contributed by atoms with Crippen LogP contribution in [0.1, 0.15) is 12.1 Å². The third kappa shape index (κ3) is 3.55. The lowest BCUT2D eigenvalue weighted by Gasteiger charge is -2.34. The molecule has 1 aliphatic heterocycles. The van der Waals surface area contributed by atoms with E-state index in [0.29, 0.717) is 6.42 Å². The Morgan fingerprint density at radius 1 is 1.14 bits per heavy atom. The molecule has 7 heteroatoms. The van der Waals surface area contributed by atoms with Crippen molar-refractivity contribution in [3.63, 3.8) is 0 Å². The molecule has 0 unspecified atom stereocenters. The van der Waals surface area contributed by atoms with E-state index in [1.807, 2.05) is 16.3 Å². The number of rotatable bonds is 4. The number of piperazine rings is 1. The maximum absolute atomic E-state index is 12.2. The first-order valence-corrected chi connectivity index (χ1v) is 7.94. The first-order valence-electron chi connectivity index (χ1n) is 7.00. The number of carbonyl (C=O) groups is 1. The van der Waals surface area contributed by atoms with Gasteiger partial charge in [0.25, 0.3) is 0 Å². The van der Waals surface area contributed by atoms with E-state index in [1.165, 1.54) is 0 Å². The van der Waals surface area contributed by atoms with E-state index >= 15 is 0 Å². The Kier molecular flexibility index (Phi) is 4.40. The van der Waals surface area contributed by atoms with Crippen molar-refractivity contribution in [1.82, 2.24) is 19.9 Å². The highest BCUT2D eigenvalue weighted by molar-refractivity contribution is 7.07. The molecule has 1 aliphatic rings. The maximum atomic E-state index is 12.2. The van der Waals surface area contributed by atoms with Crippen LogP contribution in [0.15, 0.2) is 29.4 Å². The number of carbonyl (C=O) groups excluding carboxylic acids is 1. The molecule has 0 atom stereocenters. The quantitative estimate of drug-likeness (QED) is 0.850. The normalized spacial score (nSPS) is 15.2. The summed E-state index contributed by atoms with van der Waals surface area (Å²) in [6, 6.07) is 1.81. The van der Waals surface area contributed by atoms with Crippen LogP contribution < -0.4 is 4.90 Å². The molecule has 0 bridgehead atoms. The lowest BCUT2D eigenvalue weighted by molar-refractivity contribution is -0.131. The molecule has 6 nitrogen and oxygen atoms in total. The second kappa shape index (κ2) is 6.62. The van der Waals surface area contributed by atoms with Crippen LogP contribution in [-0.2, 0) is 11.2 Å². The van der Waals surface area contributed by atoms with E-state index in [0.717, 1.165) is 44.2 Å². The fourth-order valence-electron chi connectivity index (χ4n) is 2.36. The number of amides is 1. The zero-order chi connectivity index (χ0) is 14.5. The predicted molar refractivity (Wildman–Crippen MR) is 81.3 cm³/mol. The molecule has 2 aromatic rings. The van der Waals surface area contributed by atoms with Gasteiger partial charge in [0.05, 0.1) is 11.2 Å². The van der Waals surface area contributed by atoms with Crippen molar-refractivity contribution in [2.45, 2.75) is 12.8 Å². The molecule has 3 rings (SSSR count). The zero-order valence-corrected chi connectivity index (χ0v) is 12.5. The molecule has 0 aliphatic carbocycles. The van der Waals surface area contributed by atoms with Gasteiger partial charge in [0.1, 0.15) is 0 Å². The van der Waals surface area contributed by atoms with E-state index in [4.69, 9.17) is 0 Å². The highest BCUT2D eigenvalue weighted by atomic mass is 32.1. The standard InChI is InChI=1S/C14H17N5OS/c20-13(3-2-12-10-21-11-17-12)18-6-8-19(9-7-18)14-15-4-1-5-16-14/h1,4-5,10-11H,2-3,6-9H2. The Morgan fingerprint density at radius 3 is 2.57 bits per heavy atom. The van der Waals surface area contributed by atoms with Crippen LogP contribution in [0.25, 0.3) is 0 Å². The highest BCUT2D eigenvalue weighted by Crippen LogP contribution is 2.11. The van der Waals surface area contributed by atoms with Gasteiger partial charge < -0.3 is 9.80 Å². The Bertz CT molecular complexity index is 566. The molecule has 0 N–H and O–H groups in total. The van der Waals surface area contributed by atoms with E-state index in [9.17, 15) is 4.79 Å². The van der Waals surface area contributed by atoms with E-state index in [2.05, 4.69) is 19.9 Å². The number of anilines is 1. The number of aromatic nitrogens is 3. The summed E-state index contributed by atoms with van der Waals surface area (Å²) in [6.07, 6.45) is 4.75. The molecular formula is C14H17N5OS. The topological polar surface area (TPSA) is 62.2 Å². The summed E-state index contributed by atoms with van der Waals surface area (Å²) in [5.74, 6) is 0.948. The van der Waals surface area contributed by atoms with Gasteiger partial charge in [0.2, 0.25) is 11.9 Å². The fourth-order valence-corrected chi connectivity index (χ4v) is 2.96. The number of aryl methyl sites for hydroxylation is 1. The van der Waals surface area contributed by atoms with Crippen LogP contribution in [-0.4, -0.2) is 51.9 Å². The van der Waals surface area contributed by atoms with Gasteiger partial charge in [-0.05, 0) is 12.5 Å². The molecule has 110 valence electrons. The molecule has 21 heavy (non-hydrogen) atoms. The monoisotopic (exact) mass is 303 g/mol. The zero-order valence-electron chi connectivity index (χ0n) is 11.7. The largest absolute Gasteiger partial charge is 0.339 e. The molecule has 0 saturated carbocycles. The molecule has 3 heterocycles. The summed E-state index contributed by atoms with van der Waals surface area (Å²) >= 11 is 1.57. The first kappa shape index (κ1) is 13.9. The maximum Gasteiger partial charge on any atom is 0.225 e.